The van der Waals surface area contributed by atoms with Crippen molar-refractivity contribution >= 4 is 29.1 Å². The SMILES string of the molecule is CNc1cc(N2CCc3ccccc32)nc(SC)n1. The predicted molar refractivity (Wildman–Crippen MR) is 80.5 cm³/mol. The molecular weight excluding hydrogens is 256 g/mol. The van der Waals surface area contributed by atoms with Gasteiger partial charge in [-0.25, -0.2) is 9.97 Å². The van der Waals surface area contributed by atoms with Crippen molar-refractivity contribution in [1.82, 2.24) is 9.97 Å². The lowest BCUT2D eigenvalue weighted by Crippen LogP contribution is -2.15. The minimum Gasteiger partial charge on any atom is -0.373 e. The lowest BCUT2D eigenvalue weighted by molar-refractivity contribution is 0.910. The fourth-order valence-corrected chi connectivity index (χ4v) is 2.72. The number of benzene rings is 1. The molecule has 0 bridgehead atoms. The average Bonchev–Trinajstić information content (AvgIpc) is 2.90. The molecule has 3 rings (SSSR count). The first-order valence-corrected chi connectivity index (χ1v) is 7.50. The Labute approximate surface area is 117 Å². The van der Waals surface area contributed by atoms with Crippen molar-refractivity contribution in [3.05, 3.63) is 35.9 Å². The van der Waals surface area contributed by atoms with Crippen LogP contribution in [-0.4, -0.2) is 29.8 Å². The molecule has 0 aliphatic carbocycles. The molecule has 5 heteroatoms. The van der Waals surface area contributed by atoms with Gasteiger partial charge in [0.2, 0.25) is 0 Å². The van der Waals surface area contributed by atoms with Crippen LogP contribution in [0.4, 0.5) is 17.3 Å². The summed E-state index contributed by atoms with van der Waals surface area (Å²) in [4.78, 5) is 11.3. The highest BCUT2D eigenvalue weighted by atomic mass is 32.2. The van der Waals surface area contributed by atoms with Crippen LogP contribution in [0.1, 0.15) is 5.56 Å². The van der Waals surface area contributed by atoms with Crippen molar-refractivity contribution < 1.29 is 0 Å². The van der Waals surface area contributed by atoms with Crippen molar-refractivity contribution in [1.29, 1.82) is 0 Å². The maximum Gasteiger partial charge on any atom is 0.191 e. The number of fused-ring (bicyclic) bond motifs is 1. The molecule has 0 saturated heterocycles. The summed E-state index contributed by atoms with van der Waals surface area (Å²) in [7, 11) is 1.88. The molecule has 0 radical (unpaired) electrons. The molecule has 98 valence electrons. The Morgan fingerprint density at radius 2 is 2.11 bits per heavy atom. The first kappa shape index (κ1) is 12.3. The number of nitrogens with one attached hydrogen (secondary N) is 1. The number of hydrogen-bond acceptors (Lipinski definition) is 5. The third-order valence-electron chi connectivity index (χ3n) is 3.29. The second-order valence-electron chi connectivity index (χ2n) is 4.38. The van der Waals surface area contributed by atoms with Crippen LogP contribution in [-0.2, 0) is 6.42 Å². The van der Waals surface area contributed by atoms with E-state index < -0.39 is 0 Å². The Balaban J connectivity index is 2.04. The maximum atomic E-state index is 4.62. The minimum atomic E-state index is 0.797. The van der Waals surface area contributed by atoms with Crippen LogP contribution in [0.2, 0.25) is 0 Å². The zero-order valence-electron chi connectivity index (χ0n) is 11.1. The number of para-hydroxylation sites is 1. The second-order valence-corrected chi connectivity index (χ2v) is 5.15. The van der Waals surface area contributed by atoms with E-state index in [9.17, 15) is 0 Å². The van der Waals surface area contributed by atoms with E-state index >= 15 is 0 Å². The maximum absolute atomic E-state index is 4.62. The predicted octanol–water partition coefficient (Wildman–Crippen LogP) is 2.93. The topological polar surface area (TPSA) is 41.0 Å². The zero-order valence-corrected chi connectivity index (χ0v) is 11.9. The van der Waals surface area contributed by atoms with Crippen LogP contribution >= 0.6 is 11.8 Å². The van der Waals surface area contributed by atoms with Crippen LogP contribution in [0.15, 0.2) is 35.5 Å². The first-order chi connectivity index (χ1) is 9.31. The lowest BCUT2D eigenvalue weighted by atomic mass is 10.2. The fourth-order valence-electron chi connectivity index (χ4n) is 2.35. The molecule has 1 aliphatic rings. The van der Waals surface area contributed by atoms with E-state index in [1.54, 1.807) is 11.8 Å². The van der Waals surface area contributed by atoms with Crippen molar-refractivity contribution in [3.63, 3.8) is 0 Å². The molecule has 0 atom stereocenters. The summed E-state index contributed by atoms with van der Waals surface area (Å²) in [5.41, 5.74) is 2.65. The molecule has 0 spiro atoms. The molecule has 0 amide bonds. The standard InChI is InChI=1S/C14H16N4S/c1-15-12-9-13(17-14(16-12)19-2)18-8-7-10-5-3-4-6-11(10)18/h3-6,9H,7-8H2,1-2H3,(H,15,16,17). The smallest absolute Gasteiger partial charge is 0.191 e. The van der Waals surface area contributed by atoms with Gasteiger partial charge in [-0.1, -0.05) is 30.0 Å². The van der Waals surface area contributed by atoms with Gasteiger partial charge in [-0.05, 0) is 24.3 Å². The normalized spacial score (nSPS) is 13.5. The quantitative estimate of drug-likeness (QED) is 0.687. The Kier molecular flexibility index (Phi) is 3.29. The Bertz CT molecular complexity index is 577. The van der Waals surface area contributed by atoms with E-state index in [0.717, 1.165) is 29.8 Å². The van der Waals surface area contributed by atoms with Gasteiger partial charge < -0.3 is 10.2 Å². The van der Waals surface area contributed by atoms with Crippen LogP contribution in [0.3, 0.4) is 0 Å². The molecule has 0 unspecified atom stereocenters. The second kappa shape index (κ2) is 5.09. The number of hydrogen-bond donors (Lipinski definition) is 1. The highest BCUT2D eigenvalue weighted by Crippen LogP contribution is 2.34. The number of anilines is 3. The van der Waals surface area contributed by atoms with Gasteiger partial charge in [0, 0.05) is 25.3 Å². The molecule has 0 saturated carbocycles. The molecule has 2 heterocycles. The van der Waals surface area contributed by atoms with Crippen molar-refractivity contribution in [2.45, 2.75) is 11.6 Å². The summed E-state index contributed by atoms with van der Waals surface area (Å²) in [6, 6.07) is 10.5. The van der Waals surface area contributed by atoms with Gasteiger partial charge in [-0.3, -0.25) is 0 Å². The molecule has 4 nitrogen and oxygen atoms in total. The molecular formula is C14H16N4S. The summed E-state index contributed by atoms with van der Waals surface area (Å²) < 4.78 is 0. The van der Waals surface area contributed by atoms with Gasteiger partial charge >= 0.3 is 0 Å². The van der Waals surface area contributed by atoms with Crippen LogP contribution in [0.25, 0.3) is 0 Å². The third-order valence-corrected chi connectivity index (χ3v) is 3.84. The van der Waals surface area contributed by atoms with Crippen molar-refractivity contribution in [2.24, 2.45) is 0 Å². The summed E-state index contributed by atoms with van der Waals surface area (Å²) in [6.45, 7) is 0.979. The summed E-state index contributed by atoms with van der Waals surface area (Å²) in [5.74, 6) is 1.83. The first-order valence-electron chi connectivity index (χ1n) is 6.28. The molecule has 0 fully saturated rings. The van der Waals surface area contributed by atoms with Gasteiger partial charge in [0.15, 0.2) is 5.16 Å². The van der Waals surface area contributed by atoms with E-state index in [4.69, 9.17) is 0 Å². The Morgan fingerprint density at radius 1 is 1.26 bits per heavy atom. The van der Waals surface area contributed by atoms with E-state index in [1.165, 1.54) is 11.3 Å². The number of thioether (sulfide) groups is 1. The fraction of sp³-hybridized carbons (Fsp3) is 0.286. The van der Waals surface area contributed by atoms with Gasteiger partial charge in [-0.2, -0.15) is 0 Å². The lowest BCUT2D eigenvalue weighted by Gasteiger charge is -2.19. The zero-order chi connectivity index (χ0) is 13.2. The van der Waals surface area contributed by atoms with E-state index in [2.05, 4.69) is 44.5 Å². The van der Waals surface area contributed by atoms with Crippen molar-refractivity contribution in [3.8, 4) is 0 Å². The Morgan fingerprint density at radius 3 is 2.89 bits per heavy atom. The Hall–Kier alpha value is -1.75. The summed E-state index contributed by atoms with van der Waals surface area (Å²) >= 11 is 1.56. The summed E-state index contributed by atoms with van der Waals surface area (Å²) in [6.07, 6.45) is 3.07. The van der Waals surface area contributed by atoms with Gasteiger partial charge in [0.05, 0.1) is 0 Å². The van der Waals surface area contributed by atoms with Crippen LogP contribution in [0, 0.1) is 0 Å². The van der Waals surface area contributed by atoms with Gasteiger partial charge in [-0.15, -0.1) is 0 Å². The molecule has 19 heavy (non-hydrogen) atoms. The monoisotopic (exact) mass is 272 g/mol. The largest absolute Gasteiger partial charge is 0.373 e. The summed E-state index contributed by atoms with van der Waals surface area (Å²) in [5, 5.41) is 3.90. The third kappa shape index (κ3) is 2.26. The highest BCUT2D eigenvalue weighted by molar-refractivity contribution is 7.98. The molecule has 1 aromatic carbocycles. The number of rotatable bonds is 3. The van der Waals surface area contributed by atoms with Crippen molar-refractivity contribution in [2.75, 3.05) is 30.1 Å². The number of nitrogens with zero attached hydrogens (tertiary/aromatic N) is 3. The molecule has 2 aromatic rings. The van der Waals surface area contributed by atoms with Crippen LogP contribution < -0.4 is 10.2 Å². The highest BCUT2D eigenvalue weighted by Gasteiger charge is 2.21. The van der Waals surface area contributed by atoms with Gasteiger partial charge in [0.25, 0.3) is 0 Å². The molecule has 1 aromatic heterocycles. The number of aromatic nitrogens is 2. The van der Waals surface area contributed by atoms with E-state index in [-0.39, 0.29) is 0 Å². The molecule has 1 N–H and O–H groups in total. The van der Waals surface area contributed by atoms with E-state index in [1.807, 2.05) is 19.4 Å². The minimum absolute atomic E-state index is 0.797. The van der Waals surface area contributed by atoms with Gasteiger partial charge in [0.1, 0.15) is 11.6 Å². The van der Waals surface area contributed by atoms with E-state index in [0.29, 0.717) is 0 Å². The molecule has 1 aliphatic heterocycles. The average molecular weight is 272 g/mol. The van der Waals surface area contributed by atoms with Crippen LogP contribution in [0.5, 0.6) is 0 Å².